The number of sulfonamides is 1. The van der Waals surface area contributed by atoms with Gasteiger partial charge in [0.15, 0.2) is 22.0 Å². The molecule has 14 heteroatoms. The monoisotopic (exact) mass is 524 g/mol. The van der Waals surface area contributed by atoms with E-state index in [2.05, 4.69) is 15.0 Å². The normalized spacial score (nSPS) is 13.5. The van der Waals surface area contributed by atoms with Crippen LogP contribution in [0.15, 0.2) is 45.9 Å². The zero-order chi connectivity index (χ0) is 25.7. The quantitative estimate of drug-likeness (QED) is 0.388. The summed E-state index contributed by atoms with van der Waals surface area (Å²) in [4.78, 5) is -0.223. The molecule has 0 atom stereocenters. The number of hydrogen-bond acceptors (Lipinski definition) is 8. The van der Waals surface area contributed by atoms with Crippen molar-refractivity contribution < 1.29 is 40.3 Å². The van der Waals surface area contributed by atoms with E-state index in [0.29, 0.717) is 35.3 Å². The Morgan fingerprint density at radius 2 is 1.89 bits per heavy atom. The van der Waals surface area contributed by atoms with Crippen LogP contribution in [-0.4, -0.2) is 44.2 Å². The van der Waals surface area contributed by atoms with E-state index >= 15 is 0 Å². The third-order valence-electron chi connectivity index (χ3n) is 5.66. The highest BCUT2D eigenvalue weighted by molar-refractivity contribution is 7.93. The number of halogens is 3. The van der Waals surface area contributed by atoms with E-state index in [-0.39, 0.29) is 34.3 Å². The molecule has 0 fully saturated rings. The van der Waals surface area contributed by atoms with E-state index in [1.165, 1.54) is 32.5 Å². The van der Waals surface area contributed by atoms with Crippen LogP contribution in [0.3, 0.4) is 0 Å². The second-order valence-electron chi connectivity index (χ2n) is 7.84. The molecule has 0 bridgehead atoms. The molecule has 0 amide bonds. The summed E-state index contributed by atoms with van der Waals surface area (Å²) in [5.41, 5.74) is 0.506. The lowest BCUT2D eigenvalue weighted by Gasteiger charge is -2.14. The molecule has 1 aliphatic heterocycles. The highest BCUT2D eigenvalue weighted by atomic mass is 32.2. The predicted octanol–water partition coefficient (Wildman–Crippen LogP) is 3.84. The molecule has 3 heterocycles. The van der Waals surface area contributed by atoms with Crippen molar-refractivity contribution in [3.63, 3.8) is 0 Å². The number of methoxy groups -OCH3 is 2. The van der Waals surface area contributed by atoms with Gasteiger partial charge in [0.1, 0.15) is 22.6 Å². The number of nitrogens with zero attached hydrogens (tertiary/aromatic N) is 3. The maximum atomic E-state index is 13.3. The summed E-state index contributed by atoms with van der Waals surface area (Å²) in [5, 5.41) is 7.76. The number of benzene rings is 2. The number of alkyl halides is 3. The first-order valence-electron chi connectivity index (χ1n) is 10.5. The summed E-state index contributed by atoms with van der Waals surface area (Å²) in [6.45, 7) is 0.323. The number of fused-ring (bicyclic) bond motifs is 3. The topological polar surface area (TPSA) is 118 Å². The molecule has 0 spiro atoms. The Morgan fingerprint density at radius 1 is 1.17 bits per heavy atom. The van der Waals surface area contributed by atoms with E-state index in [0.717, 1.165) is 10.7 Å². The second kappa shape index (κ2) is 8.62. The van der Waals surface area contributed by atoms with Crippen LogP contribution < -0.4 is 18.9 Å². The van der Waals surface area contributed by atoms with Crippen LogP contribution in [-0.2, 0) is 29.2 Å². The minimum atomic E-state index is -4.55. The Balaban J connectivity index is 1.54. The molecule has 5 rings (SSSR count). The molecule has 10 nitrogen and oxygen atoms in total. The van der Waals surface area contributed by atoms with E-state index in [4.69, 9.17) is 18.7 Å². The van der Waals surface area contributed by atoms with Crippen LogP contribution in [0.2, 0.25) is 0 Å². The molecule has 1 aliphatic rings. The Kier molecular flexibility index (Phi) is 5.70. The summed E-state index contributed by atoms with van der Waals surface area (Å²) in [6, 6.07) is 7.02. The lowest BCUT2D eigenvalue weighted by Crippen LogP contribution is -2.15. The third kappa shape index (κ3) is 4.06. The van der Waals surface area contributed by atoms with Gasteiger partial charge in [0.2, 0.25) is 0 Å². The zero-order valence-electron chi connectivity index (χ0n) is 18.9. The number of aromatic nitrogens is 3. The second-order valence-corrected chi connectivity index (χ2v) is 9.46. The fourth-order valence-electron chi connectivity index (χ4n) is 4.10. The van der Waals surface area contributed by atoms with E-state index in [1.807, 2.05) is 0 Å². The molecule has 4 aromatic rings. The highest BCUT2D eigenvalue weighted by Crippen LogP contribution is 2.42. The lowest BCUT2D eigenvalue weighted by atomic mass is 10.0. The predicted molar refractivity (Wildman–Crippen MR) is 120 cm³/mol. The number of rotatable bonds is 7. The fraction of sp³-hybridized carbons (Fsp3) is 0.273. The van der Waals surface area contributed by atoms with Gasteiger partial charge in [0, 0.05) is 18.2 Å². The third-order valence-corrected chi connectivity index (χ3v) is 7.06. The summed E-state index contributed by atoms with van der Waals surface area (Å²) < 4.78 is 90.5. The van der Waals surface area contributed by atoms with Crippen molar-refractivity contribution in [1.29, 1.82) is 0 Å². The molecule has 0 radical (unpaired) electrons. The van der Waals surface area contributed by atoms with Gasteiger partial charge < -0.3 is 18.7 Å². The first-order valence-corrected chi connectivity index (χ1v) is 12.0. The SMILES string of the molecule is COc1cccc(OC)c1S(=O)(=O)Nc1noc2cc(Cn3ccc(C(F)(F)F)n3)c3c(c12)OCC3. The number of ether oxygens (including phenoxy) is 3. The summed E-state index contributed by atoms with van der Waals surface area (Å²) in [6.07, 6.45) is -2.86. The molecule has 36 heavy (non-hydrogen) atoms. The van der Waals surface area contributed by atoms with Crippen molar-refractivity contribution in [2.45, 2.75) is 24.0 Å². The standard InChI is InChI=1S/C22H19F3N4O6S/c1-32-14-4-3-5-15(33-2)20(14)36(30,31)28-21-18-16(35-27-21)10-12(13-7-9-34-19(13)18)11-29-8-6-17(26-29)22(23,24)25/h3-6,8,10H,7,9,11H2,1-2H3,(H,27,28). The molecule has 2 aromatic carbocycles. The Hall–Kier alpha value is -3.94. The number of anilines is 1. The van der Waals surface area contributed by atoms with Gasteiger partial charge in [-0.05, 0) is 29.8 Å². The molecule has 1 N–H and O–H groups in total. The maximum Gasteiger partial charge on any atom is 0.435 e. The highest BCUT2D eigenvalue weighted by Gasteiger charge is 2.34. The first-order chi connectivity index (χ1) is 17.1. The average molecular weight is 524 g/mol. The van der Waals surface area contributed by atoms with Gasteiger partial charge in [0.25, 0.3) is 10.0 Å². The Labute approximate surface area is 202 Å². The lowest BCUT2D eigenvalue weighted by molar-refractivity contribution is -0.141. The van der Waals surface area contributed by atoms with Crippen LogP contribution in [0.4, 0.5) is 19.0 Å². The van der Waals surface area contributed by atoms with Gasteiger partial charge >= 0.3 is 6.18 Å². The van der Waals surface area contributed by atoms with Crippen LogP contribution >= 0.6 is 0 Å². The molecule has 0 aliphatic carbocycles. The minimum absolute atomic E-state index is 0.0257. The van der Waals surface area contributed by atoms with Crippen LogP contribution in [0.5, 0.6) is 17.2 Å². The van der Waals surface area contributed by atoms with Gasteiger partial charge in [-0.15, -0.1) is 0 Å². The van der Waals surface area contributed by atoms with Gasteiger partial charge in [-0.2, -0.15) is 18.3 Å². The van der Waals surface area contributed by atoms with Crippen molar-refractivity contribution >= 4 is 26.8 Å². The maximum absolute atomic E-state index is 13.3. The minimum Gasteiger partial charge on any atom is -0.495 e. The van der Waals surface area contributed by atoms with Gasteiger partial charge in [0.05, 0.1) is 27.4 Å². The van der Waals surface area contributed by atoms with Crippen LogP contribution in [0.25, 0.3) is 11.0 Å². The van der Waals surface area contributed by atoms with Crippen molar-refractivity contribution in [3.8, 4) is 17.2 Å². The summed E-state index contributed by atoms with van der Waals surface area (Å²) in [7, 11) is -1.58. The van der Waals surface area contributed by atoms with Crippen molar-refractivity contribution in [2.24, 2.45) is 0 Å². The largest absolute Gasteiger partial charge is 0.495 e. The van der Waals surface area contributed by atoms with Gasteiger partial charge in [-0.25, -0.2) is 8.42 Å². The van der Waals surface area contributed by atoms with E-state index in [9.17, 15) is 21.6 Å². The summed E-state index contributed by atoms with van der Waals surface area (Å²) in [5.74, 6) is 0.365. The molecular formula is C22H19F3N4O6S. The van der Waals surface area contributed by atoms with Crippen molar-refractivity contribution in [3.05, 3.63) is 53.3 Å². The van der Waals surface area contributed by atoms with Gasteiger partial charge in [-0.1, -0.05) is 11.2 Å². The molecule has 0 unspecified atom stereocenters. The number of hydrogen-bond donors (Lipinski definition) is 1. The number of nitrogens with one attached hydrogen (secondary N) is 1. The van der Waals surface area contributed by atoms with Gasteiger partial charge in [-0.3, -0.25) is 9.40 Å². The summed E-state index contributed by atoms with van der Waals surface area (Å²) >= 11 is 0. The fourth-order valence-corrected chi connectivity index (χ4v) is 5.43. The molecule has 2 aromatic heterocycles. The van der Waals surface area contributed by atoms with Crippen molar-refractivity contribution in [1.82, 2.24) is 14.9 Å². The molecule has 0 saturated carbocycles. The van der Waals surface area contributed by atoms with E-state index in [1.54, 1.807) is 12.1 Å². The first kappa shape index (κ1) is 23.8. The average Bonchev–Trinajstić information content (AvgIpc) is 3.58. The van der Waals surface area contributed by atoms with E-state index < -0.39 is 21.9 Å². The molecule has 0 saturated heterocycles. The Morgan fingerprint density at radius 3 is 2.53 bits per heavy atom. The van der Waals surface area contributed by atoms with Crippen molar-refractivity contribution in [2.75, 3.05) is 25.5 Å². The molecular weight excluding hydrogens is 505 g/mol. The Bertz CT molecular complexity index is 1540. The van der Waals surface area contributed by atoms with Crippen LogP contribution in [0, 0.1) is 0 Å². The van der Waals surface area contributed by atoms with Crippen LogP contribution in [0.1, 0.15) is 16.8 Å². The smallest absolute Gasteiger partial charge is 0.435 e. The molecule has 190 valence electrons. The zero-order valence-corrected chi connectivity index (χ0v) is 19.7.